The third kappa shape index (κ3) is 3.55. The SMILES string of the molecule is CC1CC(NS(=O)(=O)c2c(F)cc(F)cc2Br)CCN1. The minimum atomic E-state index is -4.03. The van der Waals surface area contributed by atoms with Gasteiger partial charge in [-0.3, -0.25) is 0 Å². The fourth-order valence-electron chi connectivity index (χ4n) is 2.30. The number of halogens is 3. The van der Waals surface area contributed by atoms with Crippen molar-refractivity contribution in [2.75, 3.05) is 6.54 Å². The van der Waals surface area contributed by atoms with Gasteiger partial charge in [-0.15, -0.1) is 0 Å². The maximum absolute atomic E-state index is 13.7. The van der Waals surface area contributed by atoms with Gasteiger partial charge in [0.2, 0.25) is 10.0 Å². The number of hydrogen-bond acceptors (Lipinski definition) is 3. The van der Waals surface area contributed by atoms with Gasteiger partial charge in [-0.1, -0.05) is 0 Å². The van der Waals surface area contributed by atoms with Crippen LogP contribution < -0.4 is 10.0 Å². The summed E-state index contributed by atoms with van der Waals surface area (Å²) >= 11 is 2.90. The average Bonchev–Trinajstić information content (AvgIpc) is 2.25. The van der Waals surface area contributed by atoms with E-state index in [0.29, 0.717) is 25.5 Å². The summed E-state index contributed by atoms with van der Waals surface area (Å²) in [4.78, 5) is -0.551. The second-order valence-corrected chi connectivity index (χ2v) is 7.40. The monoisotopic (exact) mass is 368 g/mol. The smallest absolute Gasteiger partial charge is 0.244 e. The van der Waals surface area contributed by atoms with E-state index in [2.05, 4.69) is 26.0 Å². The first kappa shape index (κ1) is 15.8. The summed E-state index contributed by atoms with van der Waals surface area (Å²) in [5, 5.41) is 3.20. The summed E-state index contributed by atoms with van der Waals surface area (Å²) in [6, 6.07) is 1.43. The normalized spacial score (nSPS) is 23.8. The van der Waals surface area contributed by atoms with Gasteiger partial charge in [-0.05, 0) is 48.3 Å². The van der Waals surface area contributed by atoms with E-state index in [1.165, 1.54) is 0 Å². The van der Waals surface area contributed by atoms with Gasteiger partial charge in [0.15, 0.2) is 0 Å². The highest BCUT2D eigenvalue weighted by molar-refractivity contribution is 9.10. The molecule has 1 aliphatic rings. The molecular weight excluding hydrogens is 354 g/mol. The fraction of sp³-hybridized carbons (Fsp3) is 0.500. The largest absolute Gasteiger partial charge is 0.314 e. The molecule has 0 bridgehead atoms. The van der Waals surface area contributed by atoms with Gasteiger partial charge in [0.1, 0.15) is 16.5 Å². The molecule has 0 saturated carbocycles. The van der Waals surface area contributed by atoms with Gasteiger partial charge in [0.05, 0.1) is 0 Å². The molecule has 0 aliphatic carbocycles. The molecule has 20 heavy (non-hydrogen) atoms. The molecule has 1 heterocycles. The summed E-state index contributed by atoms with van der Waals surface area (Å²) < 4.78 is 53.6. The van der Waals surface area contributed by atoms with Crippen LogP contribution in [0.25, 0.3) is 0 Å². The lowest BCUT2D eigenvalue weighted by Gasteiger charge is -2.28. The van der Waals surface area contributed by atoms with E-state index >= 15 is 0 Å². The Kier molecular flexibility index (Phi) is 4.78. The summed E-state index contributed by atoms with van der Waals surface area (Å²) in [5.41, 5.74) is 0. The van der Waals surface area contributed by atoms with E-state index in [0.717, 1.165) is 6.07 Å². The van der Waals surface area contributed by atoms with Crippen molar-refractivity contribution in [1.82, 2.24) is 10.0 Å². The van der Waals surface area contributed by atoms with Crippen molar-refractivity contribution < 1.29 is 17.2 Å². The number of hydrogen-bond donors (Lipinski definition) is 2. The zero-order chi connectivity index (χ0) is 14.9. The lowest BCUT2D eigenvalue weighted by Crippen LogP contribution is -2.46. The first-order valence-corrected chi connectivity index (χ1v) is 8.47. The number of nitrogens with one attached hydrogen (secondary N) is 2. The van der Waals surface area contributed by atoms with Crippen LogP contribution in [0.1, 0.15) is 19.8 Å². The zero-order valence-electron chi connectivity index (χ0n) is 10.8. The average molecular weight is 369 g/mol. The van der Waals surface area contributed by atoms with Gasteiger partial charge >= 0.3 is 0 Å². The van der Waals surface area contributed by atoms with Gasteiger partial charge in [0, 0.05) is 22.6 Å². The van der Waals surface area contributed by atoms with Gasteiger partial charge in [-0.25, -0.2) is 21.9 Å². The minimum absolute atomic E-state index is 0.121. The lowest BCUT2D eigenvalue weighted by molar-refractivity contribution is 0.361. The molecule has 8 heteroatoms. The third-order valence-electron chi connectivity index (χ3n) is 3.18. The van der Waals surface area contributed by atoms with E-state index in [-0.39, 0.29) is 16.6 Å². The standard InChI is InChI=1S/C12H15BrF2N2O2S/c1-7-4-9(2-3-16-7)17-20(18,19)12-10(13)5-8(14)6-11(12)15/h5-7,9,16-17H,2-4H2,1H3. The van der Waals surface area contributed by atoms with E-state index in [1.807, 2.05) is 6.92 Å². The molecule has 112 valence electrons. The number of benzene rings is 1. The van der Waals surface area contributed by atoms with E-state index in [4.69, 9.17) is 0 Å². The van der Waals surface area contributed by atoms with Crippen molar-refractivity contribution in [3.63, 3.8) is 0 Å². The molecule has 2 rings (SSSR count). The quantitative estimate of drug-likeness (QED) is 0.859. The summed E-state index contributed by atoms with van der Waals surface area (Å²) in [6.45, 7) is 2.65. The van der Waals surface area contributed by atoms with Crippen molar-refractivity contribution in [1.29, 1.82) is 0 Å². The maximum Gasteiger partial charge on any atom is 0.244 e. The van der Waals surface area contributed by atoms with Crippen LogP contribution in [0.5, 0.6) is 0 Å². The molecule has 0 amide bonds. The molecule has 2 N–H and O–H groups in total. The minimum Gasteiger partial charge on any atom is -0.314 e. The predicted octanol–water partition coefficient (Wildman–Crippen LogP) is 2.15. The summed E-state index contributed by atoms with van der Waals surface area (Å²) in [7, 11) is -4.03. The van der Waals surface area contributed by atoms with E-state index in [9.17, 15) is 17.2 Å². The second kappa shape index (κ2) is 6.05. The number of piperidine rings is 1. The summed E-state index contributed by atoms with van der Waals surface area (Å²) in [5.74, 6) is -1.94. The highest BCUT2D eigenvalue weighted by Gasteiger charge is 2.28. The third-order valence-corrected chi connectivity index (χ3v) is 5.66. The molecule has 0 aromatic heterocycles. The van der Waals surface area contributed by atoms with Crippen LogP contribution in [0.2, 0.25) is 0 Å². The Morgan fingerprint density at radius 2 is 2.10 bits per heavy atom. The highest BCUT2D eigenvalue weighted by atomic mass is 79.9. The Bertz CT molecular complexity index is 586. The van der Waals surface area contributed by atoms with Gasteiger partial charge in [-0.2, -0.15) is 0 Å². The van der Waals surface area contributed by atoms with Crippen molar-refractivity contribution in [2.24, 2.45) is 0 Å². The maximum atomic E-state index is 13.7. The molecule has 1 aliphatic heterocycles. The van der Waals surface area contributed by atoms with Gasteiger partial charge < -0.3 is 5.32 Å². The molecular formula is C12H15BrF2N2O2S. The molecule has 1 aromatic rings. The molecule has 2 unspecified atom stereocenters. The highest BCUT2D eigenvalue weighted by Crippen LogP contribution is 2.27. The fourth-order valence-corrected chi connectivity index (χ4v) is 4.75. The van der Waals surface area contributed by atoms with Crippen molar-refractivity contribution >= 4 is 26.0 Å². The lowest BCUT2D eigenvalue weighted by atomic mass is 10.0. The second-order valence-electron chi connectivity index (χ2n) is 4.90. The van der Waals surface area contributed by atoms with Gasteiger partial charge in [0.25, 0.3) is 0 Å². The molecule has 4 nitrogen and oxygen atoms in total. The van der Waals surface area contributed by atoms with Crippen LogP contribution in [0, 0.1) is 11.6 Å². The van der Waals surface area contributed by atoms with Crippen LogP contribution in [0.15, 0.2) is 21.5 Å². The topological polar surface area (TPSA) is 58.2 Å². The van der Waals surface area contributed by atoms with E-state index < -0.39 is 26.6 Å². The van der Waals surface area contributed by atoms with Crippen LogP contribution >= 0.6 is 15.9 Å². The molecule has 0 radical (unpaired) electrons. The Morgan fingerprint density at radius 3 is 2.70 bits per heavy atom. The van der Waals surface area contributed by atoms with Crippen LogP contribution in [-0.2, 0) is 10.0 Å². The van der Waals surface area contributed by atoms with Crippen LogP contribution in [0.3, 0.4) is 0 Å². The van der Waals surface area contributed by atoms with Crippen LogP contribution in [0.4, 0.5) is 8.78 Å². The van der Waals surface area contributed by atoms with Crippen molar-refractivity contribution in [3.8, 4) is 0 Å². The number of rotatable bonds is 3. The molecule has 1 saturated heterocycles. The molecule has 2 atom stereocenters. The Labute approximate surface area is 125 Å². The van der Waals surface area contributed by atoms with E-state index in [1.54, 1.807) is 0 Å². The molecule has 0 spiro atoms. The Hall–Kier alpha value is -0.570. The Morgan fingerprint density at radius 1 is 1.40 bits per heavy atom. The first-order valence-electron chi connectivity index (χ1n) is 6.20. The first-order chi connectivity index (χ1) is 9.29. The molecule has 1 fully saturated rings. The zero-order valence-corrected chi connectivity index (χ0v) is 13.2. The van der Waals surface area contributed by atoms with Crippen molar-refractivity contribution in [3.05, 3.63) is 28.2 Å². The Balaban J connectivity index is 2.27. The molecule has 1 aromatic carbocycles. The van der Waals surface area contributed by atoms with Crippen LogP contribution in [-0.4, -0.2) is 27.0 Å². The predicted molar refractivity (Wildman–Crippen MR) is 74.9 cm³/mol. The number of sulfonamides is 1. The summed E-state index contributed by atoms with van der Waals surface area (Å²) in [6.07, 6.45) is 1.25. The van der Waals surface area contributed by atoms with Crippen molar-refractivity contribution in [2.45, 2.75) is 36.7 Å².